The van der Waals surface area contributed by atoms with E-state index in [0.717, 1.165) is 51.3 Å². The van der Waals surface area contributed by atoms with Gasteiger partial charge < -0.3 is 19.5 Å². The van der Waals surface area contributed by atoms with Crippen molar-refractivity contribution in [1.29, 1.82) is 0 Å². The van der Waals surface area contributed by atoms with E-state index in [1.807, 2.05) is 12.1 Å². The first-order valence-corrected chi connectivity index (χ1v) is 11.5. The van der Waals surface area contributed by atoms with Gasteiger partial charge in [-0.05, 0) is 31.4 Å². The van der Waals surface area contributed by atoms with Crippen molar-refractivity contribution in [1.82, 2.24) is 9.88 Å². The van der Waals surface area contributed by atoms with Gasteiger partial charge >= 0.3 is 11.9 Å². The largest absolute Gasteiger partial charge is 0.480 e. The molecule has 8 nitrogen and oxygen atoms in total. The number of ether oxygens (including phenoxy) is 2. The van der Waals surface area contributed by atoms with Crippen LogP contribution in [0.25, 0.3) is 0 Å². The first kappa shape index (κ1) is 23.0. The van der Waals surface area contributed by atoms with Crippen molar-refractivity contribution in [2.45, 2.75) is 65.2 Å². The lowest BCUT2D eigenvalue weighted by molar-refractivity contribution is -0.155. The number of esters is 1. The summed E-state index contributed by atoms with van der Waals surface area (Å²) in [6.45, 7) is 12.0. The highest BCUT2D eigenvalue weighted by Crippen LogP contribution is 2.55. The number of piperazine rings is 1. The topological polar surface area (TPSA) is 92.2 Å². The number of pyridine rings is 1. The van der Waals surface area contributed by atoms with Gasteiger partial charge in [-0.2, -0.15) is 0 Å². The van der Waals surface area contributed by atoms with E-state index in [4.69, 9.17) is 14.6 Å². The van der Waals surface area contributed by atoms with Crippen LogP contribution in [0.4, 0.5) is 5.82 Å². The zero-order valence-electron chi connectivity index (χ0n) is 19.5. The highest BCUT2D eigenvalue weighted by atomic mass is 16.5. The van der Waals surface area contributed by atoms with Crippen molar-refractivity contribution in [3.63, 3.8) is 0 Å². The Bertz CT molecular complexity index is 826. The van der Waals surface area contributed by atoms with E-state index in [0.29, 0.717) is 11.6 Å². The van der Waals surface area contributed by atoms with Gasteiger partial charge in [0.05, 0.1) is 11.7 Å². The average molecular weight is 446 g/mol. The van der Waals surface area contributed by atoms with Crippen LogP contribution in [0, 0.1) is 10.8 Å². The number of anilines is 1. The Morgan fingerprint density at radius 1 is 1.09 bits per heavy atom. The molecule has 1 N–H and O–H groups in total. The van der Waals surface area contributed by atoms with Gasteiger partial charge in [-0.15, -0.1) is 0 Å². The molecule has 0 radical (unpaired) electrons. The van der Waals surface area contributed by atoms with Gasteiger partial charge in [0.15, 0.2) is 0 Å². The fraction of sp³-hybridized carbons (Fsp3) is 0.708. The Morgan fingerprint density at radius 3 is 2.28 bits per heavy atom. The van der Waals surface area contributed by atoms with Crippen LogP contribution in [-0.4, -0.2) is 78.0 Å². The summed E-state index contributed by atoms with van der Waals surface area (Å²) in [5, 5.41) is 8.70. The number of aromatic nitrogens is 1. The molecule has 0 amide bonds. The SMILES string of the molecule is CC1(C)CC(C)(C)C1OC(=O)c1ccc(N2CCN([C@H]3C[C@@H](OCC(=O)O)C3)CC2)nc1. The molecule has 2 heterocycles. The number of hydrogen-bond donors (Lipinski definition) is 1. The monoisotopic (exact) mass is 445 g/mol. The molecule has 3 fully saturated rings. The molecular weight excluding hydrogens is 410 g/mol. The fourth-order valence-electron chi connectivity index (χ4n) is 5.95. The lowest BCUT2D eigenvalue weighted by Crippen LogP contribution is -2.57. The normalized spacial score (nSPS) is 27.3. The van der Waals surface area contributed by atoms with Crippen molar-refractivity contribution in [3.05, 3.63) is 23.9 Å². The summed E-state index contributed by atoms with van der Waals surface area (Å²) < 4.78 is 11.2. The van der Waals surface area contributed by atoms with Gasteiger partial charge in [0.2, 0.25) is 0 Å². The molecule has 3 aliphatic rings. The van der Waals surface area contributed by atoms with Crippen LogP contribution in [0.1, 0.15) is 57.3 Å². The van der Waals surface area contributed by atoms with Crippen molar-refractivity contribution in [3.8, 4) is 0 Å². The number of carboxylic acid groups (broad SMARTS) is 1. The van der Waals surface area contributed by atoms with Crippen LogP contribution in [0.3, 0.4) is 0 Å². The molecule has 2 aliphatic carbocycles. The van der Waals surface area contributed by atoms with Gasteiger partial charge in [-0.1, -0.05) is 27.7 Å². The van der Waals surface area contributed by atoms with Crippen molar-refractivity contribution >= 4 is 17.8 Å². The van der Waals surface area contributed by atoms with E-state index >= 15 is 0 Å². The van der Waals surface area contributed by atoms with Crippen LogP contribution in [-0.2, 0) is 14.3 Å². The second-order valence-corrected chi connectivity index (χ2v) is 10.8. The third-order valence-corrected chi connectivity index (χ3v) is 7.21. The Hall–Kier alpha value is -2.19. The van der Waals surface area contributed by atoms with E-state index in [1.165, 1.54) is 0 Å². The Morgan fingerprint density at radius 2 is 1.75 bits per heavy atom. The molecule has 32 heavy (non-hydrogen) atoms. The summed E-state index contributed by atoms with van der Waals surface area (Å²) in [7, 11) is 0. The molecule has 4 rings (SSSR count). The summed E-state index contributed by atoms with van der Waals surface area (Å²) in [4.78, 5) is 32.5. The maximum absolute atomic E-state index is 12.7. The fourth-order valence-corrected chi connectivity index (χ4v) is 5.95. The van der Waals surface area contributed by atoms with E-state index in [1.54, 1.807) is 6.20 Å². The van der Waals surface area contributed by atoms with Gasteiger partial charge in [-0.3, -0.25) is 4.90 Å². The van der Waals surface area contributed by atoms with E-state index in [-0.39, 0.29) is 35.6 Å². The van der Waals surface area contributed by atoms with Crippen molar-refractivity contribution in [2.75, 3.05) is 37.7 Å². The van der Waals surface area contributed by atoms with Crippen LogP contribution < -0.4 is 4.90 Å². The van der Waals surface area contributed by atoms with Gasteiger partial charge in [0.1, 0.15) is 18.5 Å². The smallest absolute Gasteiger partial charge is 0.340 e. The predicted octanol–water partition coefficient (Wildman–Crippen LogP) is 2.82. The zero-order chi connectivity index (χ0) is 23.1. The second-order valence-electron chi connectivity index (χ2n) is 10.8. The standard InChI is InChI=1S/C24H35N3O5/c1-23(2)15-24(3,4)22(23)32-21(30)16-5-6-19(25-13-16)27-9-7-26(8-10-27)17-11-18(12-17)31-14-20(28)29/h5-6,13,17-18,22H,7-12,14-15H2,1-4H3,(H,28,29)/t17-,18+. The number of carbonyl (C=O) groups is 2. The molecule has 8 heteroatoms. The van der Waals surface area contributed by atoms with Gasteiger partial charge in [0, 0.05) is 49.2 Å². The van der Waals surface area contributed by atoms with E-state index < -0.39 is 5.97 Å². The number of aliphatic carboxylic acids is 1. The summed E-state index contributed by atoms with van der Waals surface area (Å²) in [6, 6.07) is 4.19. The zero-order valence-corrected chi connectivity index (χ0v) is 19.5. The lowest BCUT2D eigenvalue weighted by Gasteiger charge is -2.56. The summed E-state index contributed by atoms with van der Waals surface area (Å²) in [6.07, 6.45) is 4.44. The number of rotatable bonds is 7. The van der Waals surface area contributed by atoms with Crippen LogP contribution in [0.2, 0.25) is 0 Å². The molecule has 0 bridgehead atoms. The first-order chi connectivity index (χ1) is 15.0. The summed E-state index contributed by atoms with van der Waals surface area (Å²) in [5.74, 6) is -0.337. The summed E-state index contributed by atoms with van der Waals surface area (Å²) >= 11 is 0. The summed E-state index contributed by atoms with van der Waals surface area (Å²) in [5.41, 5.74) is 0.511. The van der Waals surface area contributed by atoms with E-state index in [2.05, 4.69) is 42.5 Å². The number of hydrogen-bond acceptors (Lipinski definition) is 7. The van der Waals surface area contributed by atoms with Gasteiger partial charge in [-0.25, -0.2) is 14.6 Å². The highest BCUT2D eigenvalue weighted by Gasteiger charge is 2.55. The number of carbonyl (C=O) groups excluding carboxylic acids is 1. The molecule has 0 aromatic carbocycles. The molecule has 1 aliphatic heterocycles. The second kappa shape index (κ2) is 8.63. The molecule has 0 atom stereocenters. The molecular formula is C24H35N3O5. The van der Waals surface area contributed by atoms with Crippen molar-refractivity contribution < 1.29 is 24.2 Å². The predicted molar refractivity (Wildman–Crippen MR) is 120 cm³/mol. The maximum Gasteiger partial charge on any atom is 0.340 e. The minimum absolute atomic E-state index is 0.00897. The highest BCUT2D eigenvalue weighted by molar-refractivity contribution is 5.89. The van der Waals surface area contributed by atoms with E-state index in [9.17, 15) is 9.59 Å². The molecule has 0 spiro atoms. The third kappa shape index (κ3) is 4.76. The molecule has 2 saturated carbocycles. The molecule has 1 aromatic rings. The molecule has 1 saturated heterocycles. The lowest BCUT2D eigenvalue weighted by atomic mass is 9.53. The first-order valence-electron chi connectivity index (χ1n) is 11.5. The average Bonchev–Trinajstić information content (AvgIpc) is 2.70. The minimum Gasteiger partial charge on any atom is -0.480 e. The molecule has 1 aromatic heterocycles. The van der Waals surface area contributed by atoms with Crippen LogP contribution in [0.15, 0.2) is 18.3 Å². The quantitative estimate of drug-likeness (QED) is 0.641. The maximum atomic E-state index is 12.7. The number of nitrogens with zero attached hydrogens (tertiary/aromatic N) is 3. The minimum atomic E-state index is -0.912. The Balaban J connectivity index is 1.24. The third-order valence-electron chi connectivity index (χ3n) is 7.21. The number of carboxylic acids is 1. The Labute approximate surface area is 189 Å². The van der Waals surface area contributed by atoms with Gasteiger partial charge in [0.25, 0.3) is 0 Å². The van der Waals surface area contributed by atoms with Crippen LogP contribution >= 0.6 is 0 Å². The Kier molecular flexibility index (Phi) is 6.20. The molecule has 0 unspecified atom stereocenters. The van der Waals surface area contributed by atoms with Crippen molar-refractivity contribution in [2.24, 2.45) is 10.8 Å². The molecule has 176 valence electrons. The van der Waals surface area contributed by atoms with Crippen LogP contribution in [0.5, 0.6) is 0 Å².